The third kappa shape index (κ3) is 12.4. The standard InChI is InChI=1S/C6H10O.C5H10.C2H5.CH3.Ru/c7-5-6-3-1-2-4-6;1-2-4-5-3-1;1-2;;/h5-6H,1-4H2;1-5H2;1H2,2H3;1H3;/q;;2*-1;+2. The molecule has 0 heterocycles. The first-order valence-electron chi connectivity index (χ1n) is 6.09. The van der Waals surface area contributed by atoms with Crippen molar-refractivity contribution in [3.63, 3.8) is 0 Å². The van der Waals surface area contributed by atoms with Gasteiger partial charge in [-0.2, -0.15) is 6.92 Å². The van der Waals surface area contributed by atoms with Crippen molar-refractivity contribution in [1.29, 1.82) is 0 Å². The third-order valence-electron chi connectivity index (χ3n) is 2.84. The number of aldehydes is 1. The van der Waals surface area contributed by atoms with Crippen LogP contribution >= 0.6 is 0 Å². The summed E-state index contributed by atoms with van der Waals surface area (Å²) in [4.78, 5) is 10.0. The van der Waals surface area contributed by atoms with Crippen molar-refractivity contribution in [3.8, 4) is 0 Å². The third-order valence-corrected chi connectivity index (χ3v) is 2.84. The van der Waals surface area contributed by atoms with Crippen LogP contribution in [-0.4, -0.2) is 6.29 Å². The van der Waals surface area contributed by atoms with Gasteiger partial charge in [-0.3, -0.25) is 0 Å². The summed E-state index contributed by atoms with van der Waals surface area (Å²) < 4.78 is 0. The van der Waals surface area contributed by atoms with Gasteiger partial charge in [0.05, 0.1) is 0 Å². The van der Waals surface area contributed by atoms with Crippen molar-refractivity contribution in [2.45, 2.75) is 64.7 Å². The van der Waals surface area contributed by atoms with E-state index in [1.807, 2.05) is 0 Å². The first-order chi connectivity index (χ1) is 6.93. The normalized spacial score (nSPS) is 17.9. The molecule has 2 aliphatic rings. The second-order valence-corrected chi connectivity index (χ2v) is 3.95. The van der Waals surface area contributed by atoms with E-state index in [1.165, 1.54) is 44.9 Å². The molecular formula is C14H28ORu. The van der Waals surface area contributed by atoms with E-state index in [1.54, 1.807) is 6.92 Å². The molecule has 0 unspecified atom stereocenters. The minimum Gasteiger partial charge on any atom is -0.358 e. The molecule has 0 N–H and O–H groups in total. The molecule has 2 aliphatic carbocycles. The molecule has 1 nitrogen and oxygen atoms in total. The van der Waals surface area contributed by atoms with Crippen molar-refractivity contribution >= 4 is 6.29 Å². The zero-order chi connectivity index (χ0) is 10.6. The molecule has 0 aromatic heterocycles. The molecule has 0 saturated heterocycles. The van der Waals surface area contributed by atoms with Crippen LogP contribution in [0.3, 0.4) is 0 Å². The van der Waals surface area contributed by atoms with Gasteiger partial charge in [-0.25, -0.2) is 0 Å². The number of hydrogen-bond donors (Lipinski definition) is 0. The van der Waals surface area contributed by atoms with Gasteiger partial charge in [0.15, 0.2) is 0 Å². The van der Waals surface area contributed by atoms with E-state index < -0.39 is 0 Å². The molecule has 0 bridgehead atoms. The van der Waals surface area contributed by atoms with Crippen LogP contribution in [0.5, 0.6) is 0 Å². The van der Waals surface area contributed by atoms with Crippen molar-refractivity contribution in [3.05, 3.63) is 14.4 Å². The van der Waals surface area contributed by atoms with Gasteiger partial charge in [0.1, 0.15) is 6.29 Å². The van der Waals surface area contributed by atoms with E-state index >= 15 is 0 Å². The van der Waals surface area contributed by atoms with Crippen LogP contribution in [0.25, 0.3) is 0 Å². The Morgan fingerprint density at radius 2 is 1.19 bits per heavy atom. The van der Waals surface area contributed by atoms with Crippen LogP contribution in [-0.2, 0) is 24.3 Å². The summed E-state index contributed by atoms with van der Waals surface area (Å²) in [7, 11) is 0. The average Bonchev–Trinajstić information content (AvgIpc) is 2.97. The van der Waals surface area contributed by atoms with Crippen molar-refractivity contribution < 1.29 is 24.3 Å². The van der Waals surface area contributed by atoms with Gasteiger partial charge < -0.3 is 19.1 Å². The maximum absolute atomic E-state index is 10.0. The van der Waals surface area contributed by atoms with E-state index in [4.69, 9.17) is 0 Å². The number of carbonyl (C=O) groups is 1. The van der Waals surface area contributed by atoms with Crippen LogP contribution in [0, 0.1) is 20.3 Å². The summed E-state index contributed by atoms with van der Waals surface area (Å²) in [6.07, 6.45) is 13.4. The predicted octanol–water partition coefficient (Wildman–Crippen LogP) is 4.61. The van der Waals surface area contributed by atoms with Crippen LogP contribution in [0.1, 0.15) is 64.7 Å². The van der Waals surface area contributed by atoms with E-state index in [-0.39, 0.29) is 26.9 Å². The van der Waals surface area contributed by atoms with E-state index in [0.29, 0.717) is 5.92 Å². The van der Waals surface area contributed by atoms with Gasteiger partial charge in [0, 0.05) is 5.92 Å². The molecule has 2 saturated carbocycles. The van der Waals surface area contributed by atoms with Gasteiger partial charge >= 0.3 is 19.5 Å². The second kappa shape index (κ2) is 17.7. The molecular weight excluding hydrogens is 285 g/mol. The first-order valence-corrected chi connectivity index (χ1v) is 6.09. The molecule has 0 amide bonds. The summed E-state index contributed by atoms with van der Waals surface area (Å²) in [6, 6.07) is 0. The van der Waals surface area contributed by atoms with Crippen LogP contribution < -0.4 is 0 Å². The van der Waals surface area contributed by atoms with Crippen molar-refractivity contribution in [1.82, 2.24) is 0 Å². The Hall–Kier alpha value is 0.293. The fraction of sp³-hybridized carbons (Fsp3) is 0.786. The zero-order valence-corrected chi connectivity index (χ0v) is 12.7. The van der Waals surface area contributed by atoms with E-state index in [0.717, 1.165) is 19.1 Å². The molecule has 0 atom stereocenters. The molecule has 2 heteroatoms. The molecule has 0 spiro atoms. The maximum atomic E-state index is 10.0. The minimum absolute atomic E-state index is 0. The summed E-state index contributed by atoms with van der Waals surface area (Å²) >= 11 is 0. The Morgan fingerprint density at radius 1 is 0.875 bits per heavy atom. The van der Waals surface area contributed by atoms with Crippen molar-refractivity contribution in [2.24, 2.45) is 5.92 Å². The van der Waals surface area contributed by atoms with Gasteiger partial charge in [-0.1, -0.05) is 44.9 Å². The van der Waals surface area contributed by atoms with Gasteiger partial charge in [0.25, 0.3) is 0 Å². The molecule has 0 radical (unpaired) electrons. The molecule has 2 rings (SSSR count). The van der Waals surface area contributed by atoms with Crippen LogP contribution in [0.4, 0.5) is 0 Å². The quantitative estimate of drug-likeness (QED) is 0.392. The van der Waals surface area contributed by atoms with E-state index in [2.05, 4.69) is 6.92 Å². The topological polar surface area (TPSA) is 17.1 Å². The minimum atomic E-state index is 0. The monoisotopic (exact) mass is 314 g/mol. The molecule has 0 aliphatic heterocycles. The summed E-state index contributed by atoms with van der Waals surface area (Å²) in [5, 5.41) is 0. The molecule has 0 aromatic rings. The zero-order valence-electron chi connectivity index (χ0n) is 11.0. The van der Waals surface area contributed by atoms with Crippen LogP contribution in [0.2, 0.25) is 0 Å². The Labute approximate surface area is 116 Å². The molecule has 0 aromatic carbocycles. The SMILES string of the molecule is C1CCCC1.O=CC1CCCC1.[CH2-]C.[CH3-].[Ru+2]. The summed E-state index contributed by atoms with van der Waals surface area (Å²) in [5.74, 6) is 0.417. The Kier molecular flexibility index (Phi) is 23.8. The fourth-order valence-corrected chi connectivity index (χ4v) is 1.98. The Morgan fingerprint density at radius 3 is 1.38 bits per heavy atom. The largest absolute Gasteiger partial charge is 2.00 e. The predicted molar refractivity (Wildman–Crippen MR) is 68.6 cm³/mol. The molecule has 98 valence electrons. The van der Waals surface area contributed by atoms with Gasteiger partial charge in [-0.05, 0) is 12.8 Å². The van der Waals surface area contributed by atoms with Gasteiger partial charge in [0.2, 0.25) is 0 Å². The number of carbonyl (C=O) groups excluding carboxylic acids is 1. The summed E-state index contributed by atoms with van der Waals surface area (Å²) in [5.41, 5.74) is 0. The molecule has 16 heavy (non-hydrogen) atoms. The fourth-order valence-electron chi connectivity index (χ4n) is 1.98. The Balaban J connectivity index is -0.000000169. The first kappa shape index (κ1) is 21.6. The van der Waals surface area contributed by atoms with Crippen molar-refractivity contribution in [2.75, 3.05) is 0 Å². The maximum Gasteiger partial charge on any atom is 2.00 e. The van der Waals surface area contributed by atoms with Gasteiger partial charge in [-0.15, -0.1) is 0 Å². The average molecular weight is 313 g/mol. The van der Waals surface area contributed by atoms with Crippen LogP contribution in [0.15, 0.2) is 0 Å². The smallest absolute Gasteiger partial charge is 0.358 e. The number of hydrogen-bond acceptors (Lipinski definition) is 1. The molecule has 2 fully saturated rings. The Bertz CT molecular complexity index is 108. The summed E-state index contributed by atoms with van der Waals surface area (Å²) in [6.45, 7) is 5.00. The second-order valence-electron chi connectivity index (χ2n) is 3.95. The van der Waals surface area contributed by atoms with E-state index in [9.17, 15) is 4.79 Å². The number of rotatable bonds is 1.